The molecule has 0 spiro atoms. The lowest BCUT2D eigenvalue weighted by Crippen LogP contribution is -2.38. The van der Waals surface area contributed by atoms with E-state index in [1.54, 1.807) is 0 Å². The fourth-order valence-electron chi connectivity index (χ4n) is 2.69. The summed E-state index contributed by atoms with van der Waals surface area (Å²) in [5.74, 6) is 1.73. The van der Waals surface area contributed by atoms with Gasteiger partial charge in [0.25, 0.3) is 0 Å². The first kappa shape index (κ1) is 19.4. The number of aryl methyl sites for hydroxylation is 1. The number of hydrogen-bond donors (Lipinski definition) is 2. The minimum absolute atomic E-state index is 0. The second kappa shape index (κ2) is 9.50. The third-order valence-electron chi connectivity index (χ3n) is 4.00. The van der Waals surface area contributed by atoms with E-state index in [9.17, 15) is 0 Å². The van der Waals surface area contributed by atoms with Crippen LogP contribution in [-0.4, -0.2) is 23.6 Å². The zero-order valence-corrected chi connectivity index (χ0v) is 17.0. The number of para-hydroxylation sites is 1. The van der Waals surface area contributed by atoms with Gasteiger partial charge in [0, 0.05) is 43.0 Å². The fourth-order valence-corrected chi connectivity index (χ4v) is 2.69. The van der Waals surface area contributed by atoms with E-state index in [0.717, 1.165) is 47.9 Å². The molecule has 3 rings (SSSR count). The molecule has 0 saturated heterocycles. The molecule has 5 nitrogen and oxygen atoms in total. The average molecular weight is 452 g/mol. The highest BCUT2D eigenvalue weighted by molar-refractivity contribution is 14.0. The quantitative estimate of drug-likeness (QED) is 0.339. The number of furan rings is 1. The average Bonchev–Trinajstić information content (AvgIpc) is 3.21. The molecule has 0 atom stereocenters. The summed E-state index contributed by atoms with van der Waals surface area (Å²) in [5.41, 5.74) is 2.09. The smallest absolute Gasteiger partial charge is 0.191 e. The summed E-state index contributed by atoms with van der Waals surface area (Å²) in [5, 5.41) is 7.79. The summed E-state index contributed by atoms with van der Waals surface area (Å²) < 4.78 is 8.06. The predicted molar refractivity (Wildman–Crippen MR) is 114 cm³/mol. The van der Waals surface area contributed by atoms with Gasteiger partial charge in [-0.1, -0.05) is 18.2 Å². The van der Waals surface area contributed by atoms with E-state index in [4.69, 9.17) is 4.42 Å². The van der Waals surface area contributed by atoms with Crippen LogP contribution in [-0.2, 0) is 13.1 Å². The largest absolute Gasteiger partial charge is 0.459 e. The number of nitrogens with zero attached hydrogens (tertiary/aromatic N) is 2. The van der Waals surface area contributed by atoms with Crippen molar-refractivity contribution >= 4 is 40.9 Å². The second-order valence-electron chi connectivity index (χ2n) is 5.69. The molecule has 2 N–H and O–H groups in total. The maximum absolute atomic E-state index is 5.92. The first-order valence-corrected chi connectivity index (χ1v) is 8.38. The molecule has 0 saturated carbocycles. The molecule has 0 aliphatic heterocycles. The Labute approximate surface area is 165 Å². The van der Waals surface area contributed by atoms with Gasteiger partial charge in [0.1, 0.15) is 17.9 Å². The van der Waals surface area contributed by atoms with Crippen LogP contribution in [0.2, 0.25) is 0 Å². The van der Waals surface area contributed by atoms with E-state index < -0.39 is 0 Å². The molecule has 134 valence electrons. The highest BCUT2D eigenvalue weighted by Crippen LogP contribution is 2.25. The van der Waals surface area contributed by atoms with Gasteiger partial charge in [-0.25, -0.2) is 4.99 Å². The molecule has 0 fully saturated rings. The molecule has 25 heavy (non-hydrogen) atoms. The van der Waals surface area contributed by atoms with Crippen molar-refractivity contribution in [1.82, 2.24) is 15.2 Å². The van der Waals surface area contributed by atoms with Crippen molar-refractivity contribution in [1.29, 1.82) is 0 Å². The number of benzene rings is 1. The van der Waals surface area contributed by atoms with Gasteiger partial charge >= 0.3 is 0 Å². The van der Waals surface area contributed by atoms with Crippen molar-refractivity contribution < 1.29 is 4.42 Å². The van der Waals surface area contributed by atoms with Crippen LogP contribution in [0.25, 0.3) is 11.0 Å². The summed E-state index contributed by atoms with van der Waals surface area (Å²) in [4.78, 5) is 4.65. The maximum atomic E-state index is 5.92. The number of guanidine groups is 1. The summed E-state index contributed by atoms with van der Waals surface area (Å²) in [6, 6.07) is 12.2. The topological polar surface area (TPSA) is 54.5 Å². The Kier molecular flexibility index (Phi) is 7.36. The van der Waals surface area contributed by atoms with Crippen molar-refractivity contribution in [3.63, 3.8) is 0 Å². The summed E-state index contributed by atoms with van der Waals surface area (Å²) >= 11 is 0. The zero-order chi connectivity index (χ0) is 16.8. The summed E-state index contributed by atoms with van der Waals surface area (Å²) in [7, 11) is 0. The molecule has 3 aromatic rings. The summed E-state index contributed by atoms with van der Waals surface area (Å²) in [6.07, 6.45) is 4.12. The van der Waals surface area contributed by atoms with Crippen LogP contribution in [0.4, 0.5) is 0 Å². The van der Waals surface area contributed by atoms with E-state index >= 15 is 0 Å². The molecule has 0 aliphatic rings. The Bertz CT molecular complexity index is 808. The molecule has 2 aromatic heterocycles. The highest BCUT2D eigenvalue weighted by atomic mass is 127. The highest BCUT2D eigenvalue weighted by Gasteiger charge is 2.09. The Morgan fingerprint density at radius 2 is 1.88 bits per heavy atom. The predicted octanol–water partition coefficient (Wildman–Crippen LogP) is 3.92. The van der Waals surface area contributed by atoms with Gasteiger partial charge in [0.15, 0.2) is 5.96 Å². The van der Waals surface area contributed by atoms with E-state index in [1.807, 2.05) is 30.3 Å². The van der Waals surface area contributed by atoms with Crippen LogP contribution in [0.3, 0.4) is 0 Å². The first-order valence-electron chi connectivity index (χ1n) is 8.38. The van der Waals surface area contributed by atoms with Gasteiger partial charge in [0.2, 0.25) is 0 Å². The van der Waals surface area contributed by atoms with Crippen molar-refractivity contribution in [2.75, 3.05) is 13.1 Å². The number of fused-ring (bicyclic) bond motifs is 1. The van der Waals surface area contributed by atoms with Crippen LogP contribution in [0.1, 0.15) is 18.2 Å². The normalized spacial score (nSPS) is 11.4. The van der Waals surface area contributed by atoms with Crippen molar-refractivity contribution in [2.24, 2.45) is 4.99 Å². The Morgan fingerprint density at radius 3 is 2.60 bits per heavy atom. The van der Waals surface area contributed by atoms with Crippen LogP contribution < -0.4 is 10.6 Å². The molecule has 6 heteroatoms. The molecule has 0 amide bonds. The van der Waals surface area contributed by atoms with Gasteiger partial charge in [-0.3, -0.25) is 0 Å². The number of nitrogens with one attached hydrogen (secondary N) is 2. The first-order chi connectivity index (χ1) is 11.8. The van der Waals surface area contributed by atoms with Crippen LogP contribution in [0, 0.1) is 6.92 Å². The zero-order valence-electron chi connectivity index (χ0n) is 14.7. The third kappa shape index (κ3) is 5.01. The van der Waals surface area contributed by atoms with E-state index in [-0.39, 0.29) is 24.0 Å². The Hall–Kier alpha value is -1.96. The lowest BCUT2D eigenvalue weighted by atomic mass is 10.1. The Balaban J connectivity index is 0.00000225. The number of aromatic nitrogens is 1. The Morgan fingerprint density at radius 1 is 1.12 bits per heavy atom. The van der Waals surface area contributed by atoms with E-state index in [0.29, 0.717) is 6.54 Å². The second-order valence-corrected chi connectivity index (χ2v) is 5.69. The van der Waals surface area contributed by atoms with Crippen molar-refractivity contribution in [2.45, 2.75) is 26.9 Å². The number of aliphatic imine (C=N–C) groups is 1. The minimum Gasteiger partial charge on any atom is -0.459 e. The van der Waals surface area contributed by atoms with Crippen molar-refractivity contribution in [3.8, 4) is 0 Å². The molecule has 0 radical (unpaired) electrons. The lowest BCUT2D eigenvalue weighted by Gasteiger charge is -2.11. The van der Waals surface area contributed by atoms with Crippen LogP contribution in [0.5, 0.6) is 0 Å². The molecule has 0 aliphatic carbocycles. The van der Waals surface area contributed by atoms with Gasteiger partial charge < -0.3 is 19.6 Å². The van der Waals surface area contributed by atoms with E-state index in [1.165, 1.54) is 0 Å². The number of halogens is 1. The van der Waals surface area contributed by atoms with E-state index in [2.05, 4.69) is 52.5 Å². The monoisotopic (exact) mass is 452 g/mol. The fraction of sp³-hybridized carbons (Fsp3) is 0.316. The molecule has 0 unspecified atom stereocenters. The summed E-state index contributed by atoms with van der Waals surface area (Å²) in [6.45, 7) is 7.23. The van der Waals surface area contributed by atoms with Gasteiger partial charge in [-0.2, -0.15) is 0 Å². The molecule has 2 heterocycles. The third-order valence-corrected chi connectivity index (χ3v) is 4.00. The minimum atomic E-state index is 0. The molecule has 1 aromatic carbocycles. The van der Waals surface area contributed by atoms with Crippen LogP contribution >= 0.6 is 24.0 Å². The van der Waals surface area contributed by atoms with Gasteiger partial charge in [-0.05, 0) is 32.0 Å². The lowest BCUT2D eigenvalue weighted by molar-refractivity contribution is 0.547. The van der Waals surface area contributed by atoms with Crippen LogP contribution in [0.15, 0.2) is 58.2 Å². The standard InChI is InChI=1S/C19H24N4O.HI/c1-3-20-19(21-10-13-23-11-6-7-12-23)22-14-18-15(2)16-8-4-5-9-17(16)24-18;/h4-9,11-12H,3,10,13-14H2,1-2H3,(H2,20,21,22);1H. The SMILES string of the molecule is CCNC(=NCc1oc2ccccc2c1C)NCCn1cccc1.I. The number of hydrogen-bond acceptors (Lipinski definition) is 2. The molecule has 0 bridgehead atoms. The molecular weight excluding hydrogens is 427 g/mol. The maximum Gasteiger partial charge on any atom is 0.191 e. The molecular formula is C19H25IN4O. The van der Waals surface area contributed by atoms with Crippen molar-refractivity contribution in [3.05, 3.63) is 60.1 Å². The number of rotatable bonds is 6. The van der Waals surface area contributed by atoms with Gasteiger partial charge in [-0.15, -0.1) is 24.0 Å². The van der Waals surface area contributed by atoms with Gasteiger partial charge in [0.05, 0.1) is 0 Å².